The minimum atomic E-state index is -0.474. The van der Waals surface area contributed by atoms with Crippen molar-refractivity contribution in [2.24, 2.45) is 5.41 Å². The molecular formula is C17H25N3O4. The largest absolute Gasteiger partial charge is 0.452 e. The molecule has 1 aromatic carbocycles. The minimum absolute atomic E-state index is 0.0921. The number of rotatable bonds is 5. The molecule has 0 fully saturated rings. The van der Waals surface area contributed by atoms with Crippen molar-refractivity contribution in [2.75, 3.05) is 30.9 Å². The number of anilines is 2. The highest BCUT2D eigenvalue weighted by atomic mass is 16.5. The average Bonchev–Trinajstić information content (AvgIpc) is 2.53. The summed E-state index contributed by atoms with van der Waals surface area (Å²) >= 11 is 0. The number of hydrogen-bond donors (Lipinski definition) is 2. The van der Waals surface area contributed by atoms with Crippen molar-refractivity contribution in [3.63, 3.8) is 0 Å². The lowest BCUT2D eigenvalue weighted by Crippen LogP contribution is -2.36. The van der Waals surface area contributed by atoms with Crippen molar-refractivity contribution in [3.8, 4) is 0 Å². The van der Waals surface area contributed by atoms with Crippen LogP contribution in [0.25, 0.3) is 0 Å². The molecule has 0 saturated heterocycles. The van der Waals surface area contributed by atoms with Gasteiger partial charge in [-0.25, -0.2) is 4.79 Å². The van der Waals surface area contributed by atoms with E-state index in [9.17, 15) is 14.4 Å². The third kappa shape index (κ3) is 5.91. The fraction of sp³-hybridized carbons (Fsp3) is 0.471. The number of nitrogens with one attached hydrogen (secondary N) is 2. The Hall–Kier alpha value is -2.57. The number of carbonyl (C=O) groups is 3. The maximum atomic E-state index is 11.9. The Labute approximate surface area is 142 Å². The van der Waals surface area contributed by atoms with Gasteiger partial charge >= 0.3 is 6.09 Å². The predicted molar refractivity (Wildman–Crippen MR) is 93.0 cm³/mol. The van der Waals surface area contributed by atoms with E-state index in [1.54, 1.807) is 31.3 Å². The first-order chi connectivity index (χ1) is 11.1. The molecule has 1 aromatic rings. The molecule has 1 rings (SSSR count). The van der Waals surface area contributed by atoms with Gasteiger partial charge in [0, 0.05) is 36.8 Å². The van der Waals surface area contributed by atoms with Crippen LogP contribution in [0.5, 0.6) is 0 Å². The molecule has 0 bridgehead atoms. The Balaban J connectivity index is 2.48. The monoisotopic (exact) mass is 335 g/mol. The molecule has 0 radical (unpaired) electrons. The van der Waals surface area contributed by atoms with E-state index in [-0.39, 0.29) is 24.8 Å². The van der Waals surface area contributed by atoms with Crippen LogP contribution in [0.2, 0.25) is 0 Å². The van der Waals surface area contributed by atoms with E-state index in [0.29, 0.717) is 11.4 Å². The van der Waals surface area contributed by atoms with Crippen molar-refractivity contribution in [2.45, 2.75) is 27.2 Å². The fourth-order valence-electron chi connectivity index (χ4n) is 1.79. The van der Waals surface area contributed by atoms with E-state index >= 15 is 0 Å². The second-order valence-electron chi connectivity index (χ2n) is 6.38. The van der Waals surface area contributed by atoms with Crippen LogP contribution in [0.1, 0.15) is 27.2 Å². The highest BCUT2D eigenvalue weighted by molar-refractivity contribution is 5.92. The summed E-state index contributed by atoms with van der Waals surface area (Å²) < 4.78 is 4.63. The van der Waals surface area contributed by atoms with E-state index in [0.717, 1.165) is 0 Å². The Bertz CT molecular complexity index is 591. The van der Waals surface area contributed by atoms with Crippen LogP contribution in [0.15, 0.2) is 24.3 Å². The number of carbonyl (C=O) groups excluding carboxylic acids is 3. The summed E-state index contributed by atoms with van der Waals surface area (Å²) in [6, 6.07) is 6.79. The molecule has 0 aromatic heterocycles. The quantitative estimate of drug-likeness (QED) is 0.865. The van der Waals surface area contributed by atoms with Gasteiger partial charge in [-0.3, -0.25) is 14.5 Å². The second-order valence-corrected chi connectivity index (χ2v) is 6.38. The van der Waals surface area contributed by atoms with Crippen LogP contribution in [0.4, 0.5) is 16.2 Å². The van der Waals surface area contributed by atoms with E-state index in [1.165, 1.54) is 12.0 Å². The molecule has 0 saturated carbocycles. The minimum Gasteiger partial charge on any atom is -0.452 e. The van der Waals surface area contributed by atoms with E-state index in [1.807, 2.05) is 20.8 Å². The van der Waals surface area contributed by atoms with E-state index in [2.05, 4.69) is 15.4 Å². The zero-order valence-electron chi connectivity index (χ0n) is 14.8. The highest BCUT2D eigenvalue weighted by Crippen LogP contribution is 2.17. The SMILES string of the molecule is COC(=O)N(C)c1ccc(NC(=O)CCNC(=O)C(C)(C)C)cc1. The second kappa shape index (κ2) is 8.33. The zero-order valence-corrected chi connectivity index (χ0v) is 14.8. The standard InChI is InChI=1S/C17H25N3O4/c1-17(2,3)15(22)18-11-10-14(21)19-12-6-8-13(9-7-12)20(4)16(23)24-5/h6-9H,10-11H2,1-5H3,(H,18,22)(H,19,21). The van der Waals surface area contributed by atoms with Crippen molar-refractivity contribution in [1.82, 2.24) is 5.32 Å². The first-order valence-electron chi connectivity index (χ1n) is 7.65. The molecule has 0 spiro atoms. The van der Waals surface area contributed by atoms with Gasteiger partial charge in [0.2, 0.25) is 11.8 Å². The molecular weight excluding hydrogens is 310 g/mol. The van der Waals surface area contributed by atoms with Crippen LogP contribution in [0, 0.1) is 5.41 Å². The Kier molecular flexibility index (Phi) is 6.76. The first-order valence-corrected chi connectivity index (χ1v) is 7.65. The number of benzene rings is 1. The molecule has 0 heterocycles. The maximum Gasteiger partial charge on any atom is 0.413 e. The van der Waals surface area contributed by atoms with Crippen molar-refractivity contribution in [3.05, 3.63) is 24.3 Å². The van der Waals surface area contributed by atoms with Crippen LogP contribution >= 0.6 is 0 Å². The van der Waals surface area contributed by atoms with Crippen molar-refractivity contribution < 1.29 is 19.1 Å². The smallest absolute Gasteiger partial charge is 0.413 e. The average molecular weight is 335 g/mol. The number of nitrogens with zero attached hydrogens (tertiary/aromatic N) is 1. The third-order valence-corrected chi connectivity index (χ3v) is 3.31. The van der Waals surface area contributed by atoms with Gasteiger partial charge in [-0.15, -0.1) is 0 Å². The topological polar surface area (TPSA) is 87.7 Å². The van der Waals surface area contributed by atoms with E-state index < -0.39 is 11.5 Å². The van der Waals surface area contributed by atoms with Crippen LogP contribution in [-0.2, 0) is 14.3 Å². The molecule has 132 valence electrons. The molecule has 0 aliphatic rings. The van der Waals surface area contributed by atoms with Crippen LogP contribution in [-0.4, -0.2) is 38.6 Å². The van der Waals surface area contributed by atoms with Gasteiger partial charge in [0.25, 0.3) is 0 Å². The molecule has 7 nitrogen and oxygen atoms in total. The van der Waals surface area contributed by atoms with Gasteiger partial charge in [-0.05, 0) is 24.3 Å². The summed E-state index contributed by atoms with van der Waals surface area (Å²) in [4.78, 5) is 36.3. The Morgan fingerprint density at radius 3 is 2.21 bits per heavy atom. The molecule has 3 amide bonds. The molecule has 2 N–H and O–H groups in total. The number of hydrogen-bond acceptors (Lipinski definition) is 4. The van der Waals surface area contributed by atoms with Crippen molar-refractivity contribution in [1.29, 1.82) is 0 Å². The number of amides is 3. The van der Waals surface area contributed by atoms with Gasteiger partial charge < -0.3 is 15.4 Å². The highest BCUT2D eigenvalue weighted by Gasteiger charge is 2.20. The summed E-state index contributed by atoms with van der Waals surface area (Å²) in [7, 11) is 2.91. The molecule has 24 heavy (non-hydrogen) atoms. The molecule has 0 atom stereocenters. The molecule has 0 aliphatic heterocycles. The van der Waals surface area contributed by atoms with Crippen LogP contribution in [0.3, 0.4) is 0 Å². The predicted octanol–water partition coefficient (Wildman–Crippen LogP) is 2.38. The van der Waals surface area contributed by atoms with Gasteiger partial charge in [0.1, 0.15) is 0 Å². The molecule has 7 heteroatoms. The zero-order chi connectivity index (χ0) is 18.3. The first kappa shape index (κ1) is 19.5. The van der Waals surface area contributed by atoms with Gasteiger partial charge in [-0.2, -0.15) is 0 Å². The summed E-state index contributed by atoms with van der Waals surface area (Å²) in [6.45, 7) is 5.73. The lowest BCUT2D eigenvalue weighted by molar-refractivity contribution is -0.128. The lowest BCUT2D eigenvalue weighted by Gasteiger charge is -2.17. The summed E-state index contributed by atoms with van der Waals surface area (Å²) in [6.07, 6.45) is -0.285. The lowest BCUT2D eigenvalue weighted by atomic mass is 9.96. The molecule has 0 aliphatic carbocycles. The number of methoxy groups -OCH3 is 1. The summed E-state index contributed by atoms with van der Waals surface area (Å²) in [5.41, 5.74) is 0.791. The Morgan fingerprint density at radius 2 is 1.71 bits per heavy atom. The maximum absolute atomic E-state index is 11.9. The van der Waals surface area contributed by atoms with E-state index in [4.69, 9.17) is 0 Å². The normalized spacial score (nSPS) is 10.7. The Morgan fingerprint density at radius 1 is 1.12 bits per heavy atom. The van der Waals surface area contributed by atoms with Crippen molar-refractivity contribution >= 4 is 29.3 Å². The van der Waals surface area contributed by atoms with Crippen LogP contribution < -0.4 is 15.5 Å². The number of ether oxygens (including phenoxy) is 1. The third-order valence-electron chi connectivity index (χ3n) is 3.31. The summed E-state index contributed by atoms with van der Waals surface area (Å²) in [5, 5.41) is 5.46. The van der Waals surface area contributed by atoms with Gasteiger partial charge in [-0.1, -0.05) is 20.8 Å². The van der Waals surface area contributed by atoms with Gasteiger partial charge in [0.05, 0.1) is 7.11 Å². The summed E-state index contributed by atoms with van der Waals surface area (Å²) in [5.74, 6) is -0.288. The molecule has 0 unspecified atom stereocenters. The fourth-order valence-corrected chi connectivity index (χ4v) is 1.79. The van der Waals surface area contributed by atoms with Gasteiger partial charge in [0.15, 0.2) is 0 Å².